The van der Waals surface area contributed by atoms with E-state index in [1.54, 1.807) is 12.2 Å². The maximum absolute atomic E-state index is 12.0. The molecule has 2 amide bonds. The fourth-order valence-electron chi connectivity index (χ4n) is 2.58. The smallest absolute Gasteiger partial charge is 0.260 e. The van der Waals surface area contributed by atoms with Crippen LogP contribution in [0.5, 0.6) is 0 Å². The highest BCUT2D eigenvalue weighted by atomic mass is 16.5. The number of hydrogen-bond donors (Lipinski definition) is 1. The zero-order valence-electron chi connectivity index (χ0n) is 13.6. The van der Waals surface area contributed by atoms with Gasteiger partial charge in [-0.3, -0.25) is 9.59 Å². The maximum Gasteiger partial charge on any atom is 0.260 e. The molecule has 1 aliphatic heterocycles. The molecule has 7 heteroatoms. The predicted octanol–water partition coefficient (Wildman–Crippen LogP) is 1.81. The van der Waals surface area contributed by atoms with Crippen molar-refractivity contribution in [2.45, 2.75) is 33.2 Å². The molecule has 0 radical (unpaired) electrons. The van der Waals surface area contributed by atoms with Crippen LogP contribution in [0.4, 0.5) is 0 Å². The molecule has 0 saturated heterocycles. The number of amides is 2. The molecule has 1 aliphatic carbocycles. The molecule has 1 N–H and O–H groups in total. The average Bonchev–Trinajstić information content (AvgIpc) is 2.89. The SMILES string of the molecule is Cc1noc(C)c1CNC(=O)CCC1=NC(=O)C2C=CC=CC2=N1. The van der Waals surface area contributed by atoms with Crippen LogP contribution in [0.2, 0.25) is 0 Å². The van der Waals surface area contributed by atoms with E-state index >= 15 is 0 Å². The van der Waals surface area contributed by atoms with Gasteiger partial charge >= 0.3 is 0 Å². The number of carbonyl (C=O) groups excluding carboxylic acids is 2. The molecule has 124 valence electrons. The first-order chi connectivity index (χ1) is 11.5. The van der Waals surface area contributed by atoms with Gasteiger partial charge in [0.25, 0.3) is 5.91 Å². The molecule has 1 aromatic rings. The lowest BCUT2D eigenvalue weighted by atomic mass is 9.96. The van der Waals surface area contributed by atoms with Crippen LogP contribution in [0.15, 0.2) is 38.8 Å². The van der Waals surface area contributed by atoms with Gasteiger partial charge in [-0.15, -0.1) is 0 Å². The number of aryl methyl sites for hydroxylation is 2. The third-order valence-corrected chi connectivity index (χ3v) is 3.98. The normalized spacial score (nSPS) is 18.9. The van der Waals surface area contributed by atoms with E-state index in [2.05, 4.69) is 20.5 Å². The monoisotopic (exact) mass is 326 g/mol. The summed E-state index contributed by atoms with van der Waals surface area (Å²) < 4.78 is 5.06. The Bertz CT molecular complexity index is 779. The first-order valence-corrected chi connectivity index (χ1v) is 7.78. The third-order valence-electron chi connectivity index (χ3n) is 3.98. The fourth-order valence-corrected chi connectivity index (χ4v) is 2.58. The molecule has 0 spiro atoms. The Hall–Kier alpha value is -2.83. The highest BCUT2D eigenvalue weighted by Crippen LogP contribution is 2.17. The number of amidine groups is 1. The molecule has 2 heterocycles. The number of allylic oxidation sites excluding steroid dienone is 3. The number of aliphatic imine (C=N–C) groups is 2. The van der Waals surface area contributed by atoms with Gasteiger partial charge in [0, 0.05) is 24.9 Å². The van der Waals surface area contributed by atoms with E-state index in [9.17, 15) is 9.59 Å². The summed E-state index contributed by atoms with van der Waals surface area (Å²) in [7, 11) is 0. The standard InChI is InChI=1S/C17H18N4O3/c1-10-13(11(2)24-21-10)9-18-16(22)8-7-15-19-14-6-4-3-5-12(14)17(23)20-15/h3-6,12H,7-9H2,1-2H3,(H,18,22). The Morgan fingerprint density at radius 2 is 2.12 bits per heavy atom. The van der Waals surface area contributed by atoms with Gasteiger partial charge in [0.05, 0.1) is 11.4 Å². The van der Waals surface area contributed by atoms with Gasteiger partial charge in [-0.25, -0.2) is 4.99 Å². The van der Waals surface area contributed by atoms with Crippen LogP contribution in [-0.4, -0.2) is 28.5 Å². The summed E-state index contributed by atoms with van der Waals surface area (Å²) >= 11 is 0. The second-order valence-corrected chi connectivity index (χ2v) is 5.70. The Kier molecular flexibility index (Phi) is 4.50. The van der Waals surface area contributed by atoms with Crippen molar-refractivity contribution < 1.29 is 14.1 Å². The number of nitrogens with one attached hydrogen (secondary N) is 1. The topological polar surface area (TPSA) is 96.9 Å². The summed E-state index contributed by atoms with van der Waals surface area (Å²) in [6.07, 6.45) is 7.77. The molecule has 2 aliphatic rings. The summed E-state index contributed by atoms with van der Waals surface area (Å²) in [5.41, 5.74) is 2.34. The molecule has 1 aromatic heterocycles. The first-order valence-electron chi connectivity index (χ1n) is 7.78. The van der Waals surface area contributed by atoms with Crippen molar-refractivity contribution in [3.05, 3.63) is 41.3 Å². The number of hydrogen-bond acceptors (Lipinski definition) is 5. The van der Waals surface area contributed by atoms with Gasteiger partial charge in [0.1, 0.15) is 17.5 Å². The van der Waals surface area contributed by atoms with Crippen LogP contribution in [0, 0.1) is 19.8 Å². The minimum Gasteiger partial charge on any atom is -0.361 e. The highest BCUT2D eigenvalue weighted by Gasteiger charge is 2.26. The Labute approximate surface area is 139 Å². The van der Waals surface area contributed by atoms with Gasteiger partial charge in [0.2, 0.25) is 5.91 Å². The quantitative estimate of drug-likeness (QED) is 0.892. The second-order valence-electron chi connectivity index (χ2n) is 5.70. The van der Waals surface area contributed by atoms with E-state index in [0.29, 0.717) is 30.3 Å². The van der Waals surface area contributed by atoms with Crippen molar-refractivity contribution in [1.29, 1.82) is 0 Å². The molecule has 1 unspecified atom stereocenters. The summed E-state index contributed by atoms with van der Waals surface area (Å²) in [6.45, 7) is 4.01. The van der Waals surface area contributed by atoms with Crippen LogP contribution in [0.25, 0.3) is 0 Å². The van der Waals surface area contributed by atoms with E-state index in [0.717, 1.165) is 11.3 Å². The lowest BCUT2D eigenvalue weighted by Crippen LogP contribution is -2.28. The largest absolute Gasteiger partial charge is 0.361 e. The molecule has 0 bridgehead atoms. The van der Waals surface area contributed by atoms with Crippen LogP contribution in [0.3, 0.4) is 0 Å². The summed E-state index contributed by atoms with van der Waals surface area (Å²) in [5, 5.41) is 6.67. The molecule has 0 saturated carbocycles. The summed E-state index contributed by atoms with van der Waals surface area (Å²) in [4.78, 5) is 32.3. The van der Waals surface area contributed by atoms with Crippen molar-refractivity contribution in [3.63, 3.8) is 0 Å². The molecular weight excluding hydrogens is 308 g/mol. The minimum atomic E-state index is -0.382. The van der Waals surface area contributed by atoms with Gasteiger partial charge < -0.3 is 9.84 Å². The molecule has 3 rings (SSSR count). The molecule has 1 atom stereocenters. The Morgan fingerprint density at radius 1 is 1.29 bits per heavy atom. The van der Waals surface area contributed by atoms with E-state index in [4.69, 9.17) is 4.52 Å². The minimum absolute atomic E-state index is 0.133. The van der Waals surface area contributed by atoms with Gasteiger partial charge in [0.15, 0.2) is 0 Å². The zero-order valence-corrected chi connectivity index (χ0v) is 13.6. The molecular formula is C17H18N4O3. The van der Waals surface area contributed by atoms with Crippen molar-refractivity contribution in [2.24, 2.45) is 15.9 Å². The van der Waals surface area contributed by atoms with E-state index < -0.39 is 0 Å². The Balaban J connectivity index is 1.53. The third kappa shape index (κ3) is 3.40. The summed E-state index contributed by atoms with van der Waals surface area (Å²) in [6, 6.07) is 0. The van der Waals surface area contributed by atoms with Crippen LogP contribution in [0.1, 0.15) is 29.9 Å². The van der Waals surface area contributed by atoms with E-state index in [1.165, 1.54) is 0 Å². The van der Waals surface area contributed by atoms with Gasteiger partial charge in [-0.05, 0) is 19.9 Å². The van der Waals surface area contributed by atoms with Crippen LogP contribution < -0.4 is 5.32 Å². The van der Waals surface area contributed by atoms with E-state index in [-0.39, 0.29) is 24.2 Å². The number of nitrogens with zero attached hydrogens (tertiary/aromatic N) is 3. The molecule has 0 fully saturated rings. The predicted molar refractivity (Wildman–Crippen MR) is 88.7 cm³/mol. The maximum atomic E-state index is 12.0. The second kappa shape index (κ2) is 6.74. The van der Waals surface area contributed by atoms with Crippen molar-refractivity contribution in [3.8, 4) is 0 Å². The molecule has 0 aromatic carbocycles. The van der Waals surface area contributed by atoms with Gasteiger partial charge in [-0.2, -0.15) is 4.99 Å². The lowest BCUT2D eigenvalue weighted by molar-refractivity contribution is -0.121. The summed E-state index contributed by atoms with van der Waals surface area (Å²) in [5.74, 6) is 0.355. The number of carbonyl (C=O) groups is 2. The zero-order chi connectivity index (χ0) is 17.1. The Morgan fingerprint density at radius 3 is 2.88 bits per heavy atom. The van der Waals surface area contributed by atoms with Crippen LogP contribution >= 0.6 is 0 Å². The lowest BCUT2D eigenvalue weighted by Gasteiger charge is -2.17. The van der Waals surface area contributed by atoms with Crippen molar-refractivity contribution in [2.75, 3.05) is 0 Å². The fraction of sp³-hybridized carbons (Fsp3) is 0.353. The number of fused-ring (bicyclic) bond motifs is 1. The van der Waals surface area contributed by atoms with Gasteiger partial charge in [-0.1, -0.05) is 23.4 Å². The number of rotatable bonds is 5. The van der Waals surface area contributed by atoms with E-state index in [1.807, 2.05) is 26.0 Å². The number of aromatic nitrogens is 1. The molecule has 7 nitrogen and oxygen atoms in total. The van der Waals surface area contributed by atoms with Crippen molar-refractivity contribution >= 4 is 23.4 Å². The van der Waals surface area contributed by atoms with Crippen molar-refractivity contribution in [1.82, 2.24) is 10.5 Å². The first kappa shape index (κ1) is 16.0. The van der Waals surface area contributed by atoms with Crippen LogP contribution in [-0.2, 0) is 16.1 Å². The highest BCUT2D eigenvalue weighted by molar-refractivity contribution is 6.21. The molecule has 24 heavy (non-hydrogen) atoms. The average molecular weight is 326 g/mol.